The molecule has 0 saturated heterocycles. The first-order chi connectivity index (χ1) is 18.2. The van der Waals surface area contributed by atoms with Crippen molar-refractivity contribution in [1.29, 1.82) is 0 Å². The number of methoxy groups -OCH3 is 1. The smallest absolute Gasteiger partial charge is 0.282 e. The second-order valence-corrected chi connectivity index (χ2v) is 10.6. The van der Waals surface area contributed by atoms with Gasteiger partial charge in [0, 0.05) is 16.1 Å². The number of aromatic nitrogens is 2. The van der Waals surface area contributed by atoms with Crippen LogP contribution in [0.2, 0.25) is 0 Å². The highest BCUT2D eigenvalue weighted by Gasteiger charge is 2.16. The molecule has 0 bridgehead atoms. The molecule has 0 unspecified atom stereocenters. The summed E-state index contributed by atoms with van der Waals surface area (Å²) in [4.78, 5) is 30.2. The van der Waals surface area contributed by atoms with Gasteiger partial charge in [0.25, 0.3) is 11.5 Å². The fourth-order valence-electron chi connectivity index (χ4n) is 3.63. The predicted octanol–water partition coefficient (Wildman–Crippen LogP) is 5.93. The van der Waals surface area contributed by atoms with Crippen molar-refractivity contribution < 1.29 is 18.7 Å². The number of benzene rings is 3. The lowest BCUT2D eigenvalue weighted by atomic mass is 10.2. The Morgan fingerprint density at radius 2 is 2.03 bits per heavy atom. The second kappa shape index (κ2) is 12.0. The number of rotatable bonds is 8. The van der Waals surface area contributed by atoms with Gasteiger partial charge in [-0.25, -0.2) is 9.37 Å². The van der Waals surface area contributed by atoms with E-state index in [0.29, 0.717) is 43.0 Å². The second-order valence-electron chi connectivity index (χ2n) is 8.53. The van der Waals surface area contributed by atoms with Crippen LogP contribution in [0.25, 0.3) is 10.9 Å². The van der Waals surface area contributed by atoms with E-state index in [1.54, 1.807) is 36.5 Å². The normalized spacial score (nSPS) is 11.3. The number of ether oxygens (including phenoxy) is 2. The maximum absolute atomic E-state index is 13.4. The monoisotopic (exact) mass is 692 g/mol. The number of nitrogens with zero attached hydrogens (tertiary/aromatic N) is 3. The average Bonchev–Trinajstić information content (AvgIpc) is 2.87. The van der Waals surface area contributed by atoms with Gasteiger partial charge in [0.1, 0.15) is 11.6 Å². The quantitative estimate of drug-likeness (QED) is 0.182. The third-order valence-electron chi connectivity index (χ3n) is 5.38. The number of carbonyl (C=O) groups is 1. The molecule has 0 saturated carbocycles. The van der Waals surface area contributed by atoms with Crippen LogP contribution < -0.4 is 20.3 Å². The molecule has 1 aromatic heterocycles. The van der Waals surface area contributed by atoms with Crippen LogP contribution in [0.1, 0.15) is 31.2 Å². The molecule has 0 aliphatic carbocycles. The Labute approximate surface area is 240 Å². The Morgan fingerprint density at radius 1 is 1.24 bits per heavy atom. The lowest BCUT2D eigenvalue weighted by Crippen LogP contribution is -2.23. The molecule has 0 atom stereocenters. The van der Waals surface area contributed by atoms with Crippen LogP contribution in [-0.2, 0) is 4.79 Å². The third kappa shape index (κ3) is 6.38. The SMILES string of the molecule is COc1cc(C=Nn2c(C(C)C)nc3ccc(Br)cc3c2=O)cc(I)c1OCC(=O)Nc1cccc(F)c1. The average molecular weight is 693 g/mol. The Balaban J connectivity index is 1.59. The minimum Gasteiger partial charge on any atom is -0.493 e. The van der Waals surface area contributed by atoms with E-state index in [1.165, 1.54) is 30.0 Å². The summed E-state index contributed by atoms with van der Waals surface area (Å²) in [6, 6.07) is 14.4. The number of carbonyl (C=O) groups excluding carboxylic acids is 1. The fraction of sp³-hybridized carbons (Fsp3) is 0.185. The molecular weight excluding hydrogens is 670 g/mol. The molecule has 38 heavy (non-hydrogen) atoms. The molecule has 1 N–H and O–H groups in total. The van der Waals surface area contributed by atoms with E-state index in [1.807, 2.05) is 19.9 Å². The molecule has 1 heterocycles. The minimum atomic E-state index is -0.452. The van der Waals surface area contributed by atoms with Gasteiger partial charge in [-0.2, -0.15) is 9.78 Å². The zero-order valence-corrected chi connectivity index (χ0v) is 24.4. The van der Waals surface area contributed by atoms with Crippen molar-refractivity contribution in [3.8, 4) is 11.5 Å². The highest BCUT2D eigenvalue weighted by atomic mass is 127. The molecule has 11 heteroatoms. The van der Waals surface area contributed by atoms with Crippen LogP contribution in [0, 0.1) is 9.39 Å². The van der Waals surface area contributed by atoms with Crippen molar-refractivity contribution in [3.05, 3.63) is 90.2 Å². The summed E-state index contributed by atoms with van der Waals surface area (Å²) in [5, 5.41) is 7.50. The number of anilines is 1. The van der Waals surface area contributed by atoms with Gasteiger partial charge in [0.2, 0.25) is 0 Å². The van der Waals surface area contributed by atoms with E-state index in [0.717, 1.165) is 4.47 Å². The number of fused-ring (bicyclic) bond motifs is 1. The number of hydrogen-bond acceptors (Lipinski definition) is 6. The summed E-state index contributed by atoms with van der Waals surface area (Å²) >= 11 is 5.47. The van der Waals surface area contributed by atoms with Crippen molar-refractivity contribution in [2.75, 3.05) is 19.0 Å². The van der Waals surface area contributed by atoms with Crippen molar-refractivity contribution in [1.82, 2.24) is 9.66 Å². The maximum atomic E-state index is 13.4. The summed E-state index contributed by atoms with van der Waals surface area (Å²) < 4.78 is 27.3. The topological polar surface area (TPSA) is 94.8 Å². The lowest BCUT2D eigenvalue weighted by Gasteiger charge is -2.14. The van der Waals surface area contributed by atoms with Crippen LogP contribution in [0.4, 0.5) is 10.1 Å². The number of hydrogen-bond donors (Lipinski definition) is 1. The van der Waals surface area contributed by atoms with Gasteiger partial charge >= 0.3 is 0 Å². The van der Waals surface area contributed by atoms with E-state index in [9.17, 15) is 14.0 Å². The maximum Gasteiger partial charge on any atom is 0.282 e. The Morgan fingerprint density at radius 3 is 2.74 bits per heavy atom. The largest absolute Gasteiger partial charge is 0.493 e. The van der Waals surface area contributed by atoms with Crippen molar-refractivity contribution >= 4 is 67.2 Å². The fourth-order valence-corrected chi connectivity index (χ4v) is 4.77. The molecule has 0 aliphatic rings. The summed E-state index contributed by atoms with van der Waals surface area (Å²) in [5.74, 6) is 0.345. The number of halogens is 3. The minimum absolute atomic E-state index is 0.0446. The molecule has 0 radical (unpaired) electrons. The van der Waals surface area contributed by atoms with Crippen LogP contribution >= 0.6 is 38.5 Å². The van der Waals surface area contributed by atoms with Crippen LogP contribution in [0.5, 0.6) is 11.5 Å². The first-order valence-corrected chi connectivity index (χ1v) is 13.4. The van der Waals surface area contributed by atoms with Crippen LogP contribution in [0.3, 0.4) is 0 Å². The summed E-state index contributed by atoms with van der Waals surface area (Å²) in [6.07, 6.45) is 1.55. The third-order valence-corrected chi connectivity index (χ3v) is 6.67. The van der Waals surface area contributed by atoms with E-state index in [4.69, 9.17) is 9.47 Å². The Bertz CT molecular complexity index is 1610. The van der Waals surface area contributed by atoms with Crippen molar-refractivity contribution in [2.24, 2.45) is 5.10 Å². The van der Waals surface area contributed by atoms with Crippen molar-refractivity contribution in [2.45, 2.75) is 19.8 Å². The summed E-state index contributed by atoms with van der Waals surface area (Å²) in [6.45, 7) is 3.59. The molecule has 4 aromatic rings. The van der Waals surface area contributed by atoms with Gasteiger partial charge < -0.3 is 14.8 Å². The number of nitrogens with one attached hydrogen (secondary N) is 1. The standard InChI is InChI=1S/C27H23BrFIN4O4/c1-15(2)26-33-22-8-7-17(28)11-20(22)27(36)34(26)31-13-16-9-21(30)25(23(10-16)37-3)38-14-24(35)32-19-6-4-5-18(29)12-19/h4-13,15H,14H2,1-3H3,(H,32,35). The zero-order chi connectivity index (χ0) is 27.4. The van der Waals surface area contributed by atoms with Gasteiger partial charge in [-0.1, -0.05) is 35.8 Å². The van der Waals surface area contributed by atoms with Gasteiger partial charge in [-0.3, -0.25) is 9.59 Å². The van der Waals surface area contributed by atoms with Crippen molar-refractivity contribution in [3.63, 3.8) is 0 Å². The lowest BCUT2D eigenvalue weighted by molar-refractivity contribution is -0.118. The molecule has 0 spiro atoms. The predicted molar refractivity (Wildman–Crippen MR) is 157 cm³/mol. The molecular formula is C27H23BrFIN4O4. The molecule has 1 amide bonds. The van der Waals surface area contributed by atoms with Gasteiger partial charge in [-0.15, -0.1) is 0 Å². The van der Waals surface area contributed by atoms with E-state index in [-0.39, 0.29) is 18.1 Å². The summed E-state index contributed by atoms with van der Waals surface area (Å²) in [7, 11) is 1.48. The van der Waals surface area contributed by atoms with Gasteiger partial charge in [0.15, 0.2) is 18.1 Å². The van der Waals surface area contributed by atoms with E-state index >= 15 is 0 Å². The summed E-state index contributed by atoms with van der Waals surface area (Å²) in [5.41, 5.74) is 1.31. The van der Waals surface area contributed by atoms with Gasteiger partial charge in [-0.05, 0) is 76.7 Å². The molecule has 3 aromatic carbocycles. The first-order valence-electron chi connectivity index (χ1n) is 11.5. The Hall–Kier alpha value is -3.32. The number of amides is 1. The Kier molecular flexibility index (Phi) is 8.77. The first kappa shape index (κ1) is 27.7. The molecule has 0 fully saturated rings. The molecule has 4 rings (SSSR count). The van der Waals surface area contributed by atoms with Gasteiger partial charge in [0.05, 0.1) is 27.8 Å². The highest BCUT2D eigenvalue weighted by Crippen LogP contribution is 2.33. The van der Waals surface area contributed by atoms with Crippen LogP contribution in [0.15, 0.2) is 69.0 Å². The highest BCUT2D eigenvalue weighted by molar-refractivity contribution is 14.1. The zero-order valence-electron chi connectivity index (χ0n) is 20.7. The molecule has 0 aliphatic heterocycles. The van der Waals surface area contributed by atoms with E-state index in [2.05, 4.69) is 53.9 Å². The van der Waals surface area contributed by atoms with E-state index < -0.39 is 11.7 Å². The molecule has 8 nitrogen and oxygen atoms in total. The molecule has 196 valence electrons. The van der Waals surface area contributed by atoms with Crippen LogP contribution in [-0.4, -0.2) is 35.5 Å².